The van der Waals surface area contributed by atoms with E-state index in [1.54, 1.807) is 12.3 Å². The van der Waals surface area contributed by atoms with Crippen molar-refractivity contribution >= 4 is 18.3 Å². The monoisotopic (exact) mass is 320 g/mol. The Morgan fingerprint density at radius 2 is 2.45 bits per heavy atom. The quantitative estimate of drug-likeness (QED) is 0.324. The third kappa shape index (κ3) is 3.80. The van der Waals surface area contributed by atoms with Gasteiger partial charge in [0.15, 0.2) is 11.6 Å². The molecule has 2 unspecified atom stereocenters. The van der Waals surface area contributed by atoms with E-state index in [2.05, 4.69) is 31.7 Å². The highest BCUT2D eigenvalue weighted by Gasteiger charge is 2.37. The summed E-state index contributed by atoms with van der Waals surface area (Å²) in [6, 6.07) is 4.79. The summed E-state index contributed by atoms with van der Waals surface area (Å²) in [6.45, 7) is 1.89. The van der Waals surface area contributed by atoms with Gasteiger partial charge in [0.05, 0.1) is 18.2 Å². The highest BCUT2D eigenvalue weighted by molar-refractivity contribution is 7.95. The smallest absolute Gasteiger partial charge is 0.165 e. The fraction of sp³-hybridized carbons (Fsp3) is 0.267. The van der Waals surface area contributed by atoms with Gasteiger partial charge in [-0.3, -0.25) is 0 Å². The molecule has 7 heteroatoms. The van der Waals surface area contributed by atoms with E-state index in [9.17, 15) is 4.39 Å². The first-order valence-corrected chi connectivity index (χ1v) is 7.79. The van der Waals surface area contributed by atoms with Crippen molar-refractivity contribution in [3.05, 3.63) is 53.5 Å². The number of hydrogen-bond acceptors (Lipinski definition) is 6. The number of nitrogens with zero attached hydrogens (tertiary/aromatic N) is 2. The van der Waals surface area contributed by atoms with Gasteiger partial charge < -0.3 is 10.4 Å². The second kappa shape index (κ2) is 6.85. The van der Waals surface area contributed by atoms with Crippen LogP contribution in [0.1, 0.15) is 5.56 Å². The molecule has 2 atom stereocenters. The highest BCUT2D eigenvalue weighted by atomic mass is 32.2. The minimum absolute atomic E-state index is 0.330. The van der Waals surface area contributed by atoms with Crippen molar-refractivity contribution in [3.8, 4) is 5.75 Å². The standard InChI is InChI=1S/C15H17FN4OS/c16-13-9-11(1-2-15(13)21)3-8-18-19-22-20-10-14(20)12-4-6-17-7-5-12/h1-2,4-6,8-9,14,17,19,21H,3,7,10H2/b18-8+. The lowest BCUT2D eigenvalue weighted by molar-refractivity contribution is 0.432. The van der Waals surface area contributed by atoms with Crippen molar-refractivity contribution in [1.29, 1.82) is 0 Å². The number of phenolic OH excluding ortho intramolecular Hbond substituents is 1. The molecule has 116 valence electrons. The van der Waals surface area contributed by atoms with Gasteiger partial charge in [0.1, 0.15) is 0 Å². The summed E-state index contributed by atoms with van der Waals surface area (Å²) in [5.74, 6) is -0.938. The predicted octanol–water partition coefficient (Wildman–Crippen LogP) is 1.94. The van der Waals surface area contributed by atoms with Gasteiger partial charge in [-0.05, 0) is 35.5 Å². The van der Waals surface area contributed by atoms with Crippen LogP contribution >= 0.6 is 12.1 Å². The zero-order chi connectivity index (χ0) is 15.4. The van der Waals surface area contributed by atoms with Gasteiger partial charge in [-0.2, -0.15) is 5.10 Å². The fourth-order valence-electron chi connectivity index (χ4n) is 2.15. The normalized spacial score (nSPS) is 23.2. The number of benzene rings is 1. The van der Waals surface area contributed by atoms with Crippen molar-refractivity contribution in [2.45, 2.75) is 12.5 Å². The van der Waals surface area contributed by atoms with E-state index in [1.807, 2.05) is 6.20 Å². The number of hydrazone groups is 1. The number of hydrogen-bond donors (Lipinski definition) is 3. The molecule has 5 nitrogen and oxygen atoms in total. The van der Waals surface area contributed by atoms with Crippen LogP contribution in [0.25, 0.3) is 0 Å². The molecule has 0 aromatic heterocycles. The van der Waals surface area contributed by atoms with E-state index >= 15 is 0 Å². The maximum absolute atomic E-state index is 13.2. The summed E-state index contributed by atoms with van der Waals surface area (Å²) in [5.41, 5.74) is 2.09. The second-order valence-electron chi connectivity index (χ2n) is 5.05. The van der Waals surface area contributed by atoms with Crippen LogP contribution < -0.4 is 10.1 Å². The second-order valence-corrected chi connectivity index (χ2v) is 5.88. The molecule has 0 radical (unpaired) electrons. The molecule has 2 aliphatic rings. The van der Waals surface area contributed by atoms with Gasteiger partial charge in [-0.25, -0.2) is 13.5 Å². The molecular formula is C15H17FN4OS. The number of rotatable bonds is 6. The zero-order valence-corrected chi connectivity index (χ0v) is 12.7. The lowest BCUT2D eigenvalue weighted by atomic mass is 10.1. The van der Waals surface area contributed by atoms with Gasteiger partial charge in [-0.15, -0.1) is 0 Å². The minimum Gasteiger partial charge on any atom is -0.505 e. The van der Waals surface area contributed by atoms with Crippen LogP contribution in [0.2, 0.25) is 0 Å². The Kier molecular flexibility index (Phi) is 4.65. The number of nitrogens with one attached hydrogen (secondary N) is 2. The van der Waals surface area contributed by atoms with E-state index in [1.165, 1.54) is 29.8 Å². The summed E-state index contributed by atoms with van der Waals surface area (Å²) in [7, 11) is 0. The lowest BCUT2D eigenvalue weighted by Crippen LogP contribution is -2.12. The van der Waals surface area contributed by atoms with Gasteiger partial charge in [0, 0.05) is 25.7 Å². The Labute approximate surface area is 132 Å². The fourth-order valence-corrected chi connectivity index (χ4v) is 2.84. The Hall–Kier alpha value is -1.99. The Morgan fingerprint density at radius 3 is 3.23 bits per heavy atom. The average Bonchev–Trinajstić information content (AvgIpc) is 3.31. The lowest BCUT2D eigenvalue weighted by Gasteiger charge is -2.07. The van der Waals surface area contributed by atoms with Gasteiger partial charge in [-0.1, -0.05) is 12.1 Å². The highest BCUT2D eigenvalue weighted by Crippen LogP contribution is 2.32. The molecule has 0 amide bonds. The number of halogens is 1. The topological polar surface area (TPSA) is 59.7 Å². The molecule has 1 fully saturated rings. The van der Waals surface area contributed by atoms with Crippen LogP contribution in [0.4, 0.5) is 4.39 Å². The summed E-state index contributed by atoms with van der Waals surface area (Å²) in [5, 5.41) is 16.3. The van der Waals surface area contributed by atoms with Crippen LogP contribution in [0.3, 0.4) is 0 Å². The Balaban J connectivity index is 1.38. The molecule has 2 heterocycles. The van der Waals surface area contributed by atoms with Crippen molar-refractivity contribution in [2.75, 3.05) is 13.1 Å². The van der Waals surface area contributed by atoms with Gasteiger partial charge >= 0.3 is 0 Å². The van der Waals surface area contributed by atoms with Gasteiger partial charge in [0.25, 0.3) is 0 Å². The van der Waals surface area contributed by atoms with Crippen molar-refractivity contribution in [1.82, 2.24) is 14.5 Å². The summed E-state index contributed by atoms with van der Waals surface area (Å²) >= 11 is 1.46. The third-order valence-corrected chi connectivity index (χ3v) is 4.27. The molecule has 22 heavy (non-hydrogen) atoms. The van der Waals surface area contributed by atoms with Crippen LogP contribution in [-0.4, -0.2) is 34.8 Å². The molecule has 2 aliphatic heterocycles. The molecule has 0 bridgehead atoms. The Morgan fingerprint density at radius 1 is 1.55 bits per heavy atom. The first-order chi connectivity index (χ1) is 10.7. The summed E-state index contributed by atoms with van der Waals surface area (Å²) in [6.07, 6.45) is 8.44. The van der Waals surface area contributed by atoms with E-state index in [4.69, 9.17) is 5.11 Å². The minimum atomic E-state index is -0.608. The van der Waals surface area contributed by atoms with Crippen LogP contribution in [-0.2, 0) is 6.42 Å². The largest absolute Gasteiger partial charge is 0.505 e. The molecule has 1 saturated heterocycles. The van der Waals surface area contributed by atoms with Crippen molar-refractivity contribution in [3.63, 3.8) is 0 Å². The van der Waals surface area contributed by atoms with Crippen LogP contribution in [0.15, 0.2) is 47.2 Å². The van der Waals surface area contributed by atoms with E-state index in [0.717, 1.165) is 18.7 Å². The zero-order valence-electron chi connectivity index (χ0n) is 11.9. The molecule has 3 rings (SSSR count). The van der Waals surface area contributed by atoms with E-state index in [0.29, 0.717) is 12.5 Å². The first-order valence-electron chi connectivity index (χ1n) is 7.01. The van der Waals surface area contributed by atoms with E-state index < -0.39 is 5.82 Å². The summed E-state index contributed by atoms with van der Waals surface area (Å²) < 4.78 is 15.3. The van der Waals surface area contributed by atoms with E-state index in [-0.39, 0.29) is 5.75 Å². The molecule has 3 N–H and O–H groups in total. The van der Waals surface area contributed by atoms with Crippen molar-refractivity contribution < 1.29 is 9.50 Å². The van der Waals surface area contributed by atoms with Crippen LogP contribution in [0.5, 0.6) is 5.75 Å². The summed E-state index contributed by atoms with van der Waals surface area (Å²) in [4.78, 5) is 2.91. The SMILES string of the molecule is Oc1ccc(C/C=N/NSN2CC2C2=CCNC=C2)cc1F. The third-order valence-electron chi connectivity index (χ3n) is 3.44. The average molecular weight is 320 g/mol. The number of phenols is 1. The molecule has 1 aromatic rings. The maximum Gasteiger partial charge on any atom is 0.165 e. The number of aromatic hydroxyl groups is 1. The Bertz CT molecular complexity index is 632. The molecule has 0 saturated carbocycles. The van der Waals surface area contributed by atoms with Gasteiger partial charge in [0.2, 0.25) is 0 Å². The first kappa shape index (κ1) is 14.9. The molecule has 0 aliphatic carbocycles. The van der Waals surface area contributed by atoms with Crippen molar-refractivity contribution in [2.24, 2.45) is 5.10 Å². The predicted molar refractivity (Wildman–Crippen MR) is 86.7 cm³/mol. The maximum atomic E-state index is 13.2. The molecule has 1 aromatic carbocycles. The molecular weight excluding hydrogens is 303 g/mol. The van der Waals surface area contributed by atoms with Crippen LogP contribution in [0, 0.1) is 5.82 Å². The molecule has 0 spiro atoms. The number of dihydropyridines is 1.